The molecule has 2 nitrogen and oxygen atoms in total. The number of hydrogen-bond donors (Lipinski definition) is 0. The van der Waals surface area contributed by atoms with Crippen LogP contribution in [0.4, 0.5) is 0 Å². The molecule has 0 saturated carbocycles. The smallest absolute Gasteiger partial charge is 0.311 e. The first kappa shape index (κ1) is 10.5. The maximum Gasteiger partial charge on any atom is 0.311 e. The van der Waals surface area contributed by atoms with Crippen LogP contribution in [0.2, 0.25) is 0 Å². The number of carbonyl (C=O) groups is 1. The Balaban J connectivity index is 2.54. The molecule has 1 aromatic carbocycles. The van der Waals surface area contributed by atoms with Crippen LogP contribution in [0.1, 0.15) is 19.8 Å². The second-order valence-corrected chi connectivity index (χ2v) is 3.92. The van der Waals surface area contributed by atoms with E-state index < -0.39 is 0 Å². The van der Waals surface area contributed by atoms with E-state index >= 15 is 0 Å². The van der Waals surface area contributed by atoms with E-state index in [0.29, 0.717) is 12.2 Å². The number of halogens is 1. The zero-order valence-corrected chi connectivity index (χ0v) is 9.58. The molecule has 3 heteroatoms. The van der Waals surface area contributed by atoms with Crippen LogP contribution in [0.3, 0.4) is 0 Å². The van der Waals surface area contributed by atoms with E-state index in [-0.39, 0.29) is 5.97 Å². The van der Waals surface area contributed by atoms with Crippen LogP contribution in [0.5, 0.6) is 5.75 Å². The van der Waals surface area contributed by atoms with Gasteiger partial charge in [-0.2, -0.15) is 0 Å². The van der Waals surface area contributed by atoms with Crippen molar-refractivity contribution in [3.8, 4) is 5.75 Å². The molecule has 0 aromatic heterocycles. The maximum atomic E-state index is 11.1. The molecule has 0 amide bonds. The number of ether oxygens (including phenoxy) is 1. The van der Waals surface area contributed by atoms with Gasteiger partial charge in [-0.05, 0) is 53.3 Å². The van der Waals surface area contributed by atoms with Crippen LogP contribution in [0.25, 0.3) is 0 Å². The highest BCUT2D eigenvalue weighted by Gasteiger charge is 2.01. The predicted molar refractivity (Wildman–Crippen MR) is 59.7 cm³/mol. The summed E-state index contributed by atoms with van der Waals surface area (Å²) in [6.07, 6.45) is 1.30. The first-order valence-corrected chi connectivity index (χ1v) is 5.26. The summed E-state index contributed by atoms with van der Waals surface area (Å²) in [6.45, 7) is 1.95. The number of carbonyl (C=O) groups excluding carboxylic acids is 1. The van der Waals surface area contributed by atoms with Crippen LogP contribution in [-0.2, 0) is 4.79 Å². The highest BCUT2D eigenvalue weighted by molar-refractivity contribution is 14.1. The molecule has 70 valence electrons. The van der Waals surface area contributed by atoms with E-state index in [1.807, 2.05) is 19.1 Å². The fourth-order valence-electron chi connectivity index (χ4n) is 0.889. The minimum Gasteiger partial charge on any atom is -0.427 e. The standard InChI is InChI=1S/C10H11IO2/c1-2-3-10(12)13-9-6-4-8(11)5-7-9/h4-7H,2-3H2,1H3. The summed E-state index contributed by atoms with van der Waals surface area (Å²) in [5, 5.41) is 0. The van der Waals surface area contributed by atoms with Crippen molar-refractivity contribution in [3.63, 3.8) is 0 Å². The van der Waals surface area contributed by atoms with Crippen LogP contribution in [0, 0.1) is 3.57 Å². The zero-order valence-electron chi connectivity index (χ0n) is 7.42. The van der Waals surface area contributed by atoms with Crippen molar-refractivity contribution in [3.05, 3.63) is 27.8 Å². The van der Waals surface area contributed by atoms with Crippen LogP contribution in [0.15, 0.2) is 24.3 Å². The van der Waals surface area contributed by atoms with Crippen LogP contribution in [-0.4, -0.2) is 5.97 Å². The SMILES string of the molecule is CCCC(=O)Oc1ccc(I)cc1. The molecular weight excluding hydrogens is 279 g/mol. The minimum absolute atomic E-state index is 0.163. The van der Waals surface area contributed by atoms with E-state index in [4.69, 9.17) is 4.74 Å². The minimum atomic E-state index is -0.163. The van der Waals surface area contributed by atoms with Crippen molar-refractivity contribution in [2.45, 2.75) is 19.8 Å². The third kappa shape index (κ3) is 3.76. The molecule has 0 fully saturated rings. The Morgan fingerprint density at radius 1 is 1.38 bits per heavy atom. The molecule has 0 aliphatic heterocycles. The average Bonchev–Trinajstić information content (AvgIpc) is 2.09. The quantitative estimate of drug-likeness (QED) is 0.486. The third-order valence-corrected chi connectivity index (χ3v) is 2.22. The second kappa shape index (κ2) is 5.21. The van der Waals surface area contributed by atoms with Crippen LogP contribution < -0.4 is 4.74 Å². The van der Waals surface area contributed by atoms with Gasteiger partial charge >= 0.3 is 5.97 Å². The van der Waals surface area contributed by atoms with Crippen molar-refractivity contribution < 1.29 is 9.53 Å². The molecule has 1 aromatic rings. The van der Waals surface area contributed by atoms with E-state index in [1.54, 1.807) is 12.1 Å². The lowest BCUT2D eigenvalue weighted by atomic mass is 10.3. The molecule has 0 N–H and O–H groups in total. The predicted octanol–water partition coefficient (Wildman–Crippen LogP) is 3.00. The number of hydrogen-bond acceptors (Lipinski definition) is 2. The molecule has 1 rings (SSSR count). The van der Waals surface area contributed by atoms with Gasteiger partial charge in [-0.25, -0.2) is 0 Å². The summed E-state index contributed by atoms with van der Waals surface area (Å²) >= 11 is 2.21. The number of rotatable bonds is 3. The maximum absolute atomic E-state index is 11.1. The molecule has 0 aliphatic rings. The summed E-state index contributed by atoms with van der Waals surface area (Å²) in [5.74, 6) is 0.461. The van der Waals surface area contributed by atoms with Gasteiger partial charge in [0.1, 0.15) is 5.75 Å². The molecule has 0 bridgehead atoms. The van der Waals surface area contributed by atoms with E-state index in [9.17, 15) is 4.79 Å². The summed E-state index contributed by atoms with van der Waals surface area (Å²) in [4.78, 5) is 11.1. The molecule has 13 heavy (non-hydrogen) atoms. The van der Waals surface area contributed by atoms with Crippen molar-refractivity contribution in [1.82, 2.24) is 0 Å². The lowest BCUT2D eigenvalue weighted by Gasteiger charge is -2.02. The van der Waals surface area contributed by atoms with E-state index in [0.717, 1.165) is 9.99 Å². The number of benzene rings is 1. The third-order valence-electron chi connectivity index (χ3n) is 1.50. The van der Waals surface area contributed by atoms with Crippen molar-refractivity contribution in [1.29, 1.82) is 0 Å². The summed E-state index contributed by atoms with van der Waals surface area (Å²) in [7, 11) is 0. The highest BCUT2D eigenvalue weighted by atomic mass is 127. The summed E-state index contributed by atoms with van der Waals surface area (Å²) in [5.41, 5.74) is 0. The first-order chi connectivity index (χ1) is 6.22. The molecule has 0 saturated heterocycles. The Morgan fingerprint density at radius 3 is 2.54 bits per heavy atom. The van der Waals surface area contributed by atoms with E-state index in [2.05, 4.69) is 22.6 Å². The van der Waals surface area contributed by atoms with Gasteiger partial charge < -0.3 is 4.74 Å². The Bertz CT molecular complexity index is 279. The van der Waals surface area contributed by atoms with Gasteiger partial charge in [-0.3, -0.25) is 4.79 Å². The normalized spacial score (nSPS) is 9.69. The fourth-order valence-corrected chi connectivity index (χ4v) is 1.25. The Morgan fingerprint density at radius 2 is 2.00 bits per heavy atom. The van der Waals surface area contributed by atoms with Gasteiger partial charge in [-0.1, -0.05) is 6.92 Å². The fraction of sp³-hybridized carbons (Fsp3) is 0.300. The van der Waals surface area contributed by atoms with Gasteiger partial charge in [0.2, 0.25) is 0 Å². The van der Waals surface area contributed by atoms with Crippen molar-refractivity contribution in [2.75, 3.05) is 0 Å². The molecule has 0 atom stereocenters. The molecule has 0 unspecified atom stereocenters. The van der Waals surface area contributed by atoms with E-state index in [1.165, 1.54) is 0 Å². The molecule has 0 spiro atoms. The highest BCUT2D eigenvalue weighted by Crippen LogP contribution is 2.14. The summed E-state index contributed by atoms with van der Waals surface area (Å²) < 4.78 is 6.20. The van der Waals surface area contributed by atoms with Crippen LogP contribution >= 0.6 is 22.6 Å². The van der Waals surface area contributed by atoms with Gasteiger partial charge in [-0.15, -0.1) is 0 Å². The van der Waals surface area contributed by atoms with Gasteiger partial charge in [0, 0.05) is 9.99 Å². The zero-order chi connectivity index (χ0) is 9.68. The Hall–Kier alpha value is -0.580. The van der Waals surface area contributed by atoms with Crippen molar-refractivity contribution >= 4 is 28.6 Å². The Kier molecular flexibility index (Phi) is 4.21. The van der Waals surface area contributed by atoms with Crippen molar-refractivity contribution in [2.24, 2.45) is 0 Å². The lowest BCUT2D eigenvalue weighted by molar-refractivity contribution is -0.134. The molecule has 0 radical (unpaired) electrons. The monoisotopic (exact) mass is 290 g/mol. The molecule has 0 aliphatic carbocycles. The van der Waals surface area contributed by atoms with Gasteiger partial charge in [0.25, 0.3) is 0 Å². The largest absolute Gasteiger partial charge is 0.427 e. The van der Waals surface area contributed by atoms with Gasteiger partial charge in [0.05, 0.1) is 0 Å². The lowest BCUT2D eigenvalue weighted by Crippen LogP contribution is -2.06. The first-order valence-electron chi connectivity index (χ1n) is 4.18. The second-order valence-electron chi connectivity index (χ2n) is 2.68. The van der Waals surface area contributed by atoms with Gasteiger partial charge in [0.15, 0.2) is 0 Å². The summed E-state index contributed by atoms with van der Waals surface area (Å²) in [6, 6.07) is 7.43. The Labute approximate surface area is 91.4 Å². The molecular formula is C10H11IO2. The average molecular weight is 290 g/mol. The molecule has 0 heterocycles. The number of esters is 1. The topological polar surface area (TPSA) is 26.3 Å².